The standard InChI is InChI=1S/C20H21NO3S/c1-11-7-17(24-9-15-6-5-12(2)21-14(15)4)13(3)20-19(11)16(10-25-20)8-18(22)23/h5-7,10H,8-9H2,1-4H3,(H,22,23). The van der Waals surface area contributed by atoms with Crippen LogP contribution in [0, 0.1) is 27.7 Å². The molecule has 0 atom stereocenters. The lowest BCUT2D eigenvalue weighted by Gasteiger charge is -2.13. The molecule has 4 nitrogen and oxygen atoms in total. The summed E-state index contributed by atoms with van der Waals surface area (Å²) in [6.45, 7) is 8.47. The van der Waals surface area contributed by atoms with Crippen LogP contribution >= 0.6 is 11.3 Å². The van der Waals surface area contributed by atoms with Crippen LogP contribution in [0.2, 0.25) is 0 Å². The predicted octanol–water partition coefficient (Wildman–Crippen LogP) is 4.74. The van der Waals surface area contributed by atoms with E-state index in [0.717, 1.165) is 49.5 Å². The molecule has 0 amide bonds. The first kappa shape index (κ1) is 17.4. The molecule has 0 aliphatic carbocycles. The first-order chi connectivity index (χ1) is 11.9. The first-order valence-electron chi connectivity index (χ1n) is 8.14. The maximum atomic E-state index is 11.1. The van der Waals surface area contributed by atoms with Gasteiger partial charge in [0.05, 0.1) is 6.42 Å². The van der Waals surface area contributed by atoms with Crippen molar-refractivity contribution in [1.82, 2.24) is 4.98 Å². The van der Waals surface area contributed by atoms with Crippen LogP contribution in [-0.4, -0.2) is 16.1 Å². The van der Waals surface area contributed by atoms with Crippen LogP contribution < -0.4 is 4.74 Å². The highest BCUT2D eigenvalue weighted by molar-refractivity contribution is 7.17. The Kier molecular flexibility index (Phi) is 4.77. The minimum atomic E-state index is -0.806. The largest absolute Gasteiger partial charge is 0.489 e. The van der Waals surface area contributed by atoms with Crippen molar-refractivity contribution in [3.8, 4) is 5.75 Å². The van der Waals surface area contributed by atoms with E-state index in [4.69, 9.17) is 9.84 Å². The molecule has 0 unspecified atom stereocenters. The molecule has 0 radical (unpaired) electrons. The number of aromatic nitrogens is 1. The molecule has 0 spiro atoms. The van der Waals surface area contributed by atoms with Crippen LogP contribution in [0.1, 0.15) is 33.6 Å². The van der Waals surface area contributed by atoms with Crippen molar-refractivity contribution in [3.63, 3.8) is 0 Å². The molecule has 5 heteroatoms. The van der Waals surface area contributed by atoms with Crippen molar-refractivity contribution in [2.24, 2.45) is 0 Å². The van der Waals surface area contributed by atoms with Crippen LogP contribution in [0.4, 0.5) is 0 Å². The van der Waals surface area contributed by atoms with Gasteiger partial charge in [-0.2, -0.15) is 0 Å². The Balaban J connectivity index is 1.92. The zero-order chi connectivity index (χ0) is 18.1. The van der Waals surface area contributed by atoms with Gasteiger partial charge in [0.1, 0.15) is 12.4 Å². The highest BCUT2D eigenvalue weighted by atomic mass is 32.1. The fourth-order valence-corrected chi connectivity index (χ4v) is 4.21. The molecule has 0 aliphatic rings. The number of pyridine rings is 1. The van der Waals surface area contributed by atoms with E-state index in [1.807, 2.05) is 45.2 Å². The molecular formula is C20H21NO3S. The van der Waals surface area contributed by atoms with E-state index in [1.165, 1.54) is 0 Å². The summed E-state index contributed by atoms with van der Waals surface area (Å²) in [5.74, 6) is 0.0353. The molecule has 1 aromatic carbocycles. The Morgan fingerprint density at radius 1 is 1.20 bits per heavy atom. The SMILES string of the molecule is Cc1ccc(COc2cc(C)c3c(CC(=O)O)csc3c2C)c(C)n1. The number of carboxylic acid groups (broad SMARTS) is 1. The number of hydrogen-bond acceptors (Lipinski definition) is 4. The third-order valence-electron chi connectivity index (χ3n) is 4.38. The maximum Gasteiger partial charge on any atom is 0.307 e. The topological polar surface area (TPSA) is 59.4 Å². The Morgan fingerprint density at radius 3 is 2.64 bits per heavy atom. The van der Waals surface area contributed by atoms with Gasteiger partial charge in [0.2, 0.25) is 0 Å². The molecule has 130 valence electrons. The second-order valence-corrected chi connectivity index (χ2v) is 7.22. The summed E-state index contributed by atoms with van der Waals surface area (Å²) in [6.07, 6.45) is 0.0503. The number of hydrogen-bond donors (Lipinski definition) is 1. The number of aryl methyl sites for hydroxylation is 4. The Bertz CT molecular complexity index is 959. The summed E-state index contributed by atoms with van der Waals surface area (Å²) in [7, 11) is 0. The summed E-state index contributed by atoms with van der Waals surface area (Å²) in [5.41, 5.74) is 6.03. The second kappa shape index (κ2) is 6.84. The van der Waals surface area contributed by atoms with Crippen LogP contribution in [0.3, 0.4) is 0 Å². The Labute approximate surface area is 151 Å². The van der Waals surface area contributed by atoms with Crippen molar-refractivity contribution < 1.29 is 14.6 Å². The van der Waals surface area contributed by atoms with Crippen LogP contribution in [-0.2, 0) is 17.8 Å². The number of rotatable bonds is 5. The molecule has 2 heterocycles. The van der Waals surface area contributed by atoms with Crippen molar-refractivity contribution in [2.75, 3.05) is 0 Å². The quantitative estimate of drug-likeness (QED) is 0.718. The van der Waals surface area contributed by atoms with Gasteiger partial charge in [-0.15, -0.1) is 11.3 Å². The molecule has 0 bridgehead atoms. The summed E-state index contributed by atoms with van der Waals surface area (Å²) in [5, 5.41) is 12.1. The van der Waals surface area contributed by atoms with E-state index < -0.39 is 5.97 Å². The lowest BCUT2D eigenvalue weighted by atomic mass is 10.0. The number of ether oxygens (including phenoxy) is 1. The molecule has 2 aromatic heterocycles. The number of nitrogens with zero attached hydrogens (tertiary/aromatic N) is 1. The second-order valence-electron chi connectivity index (χ2n) is 6.34. The summed E-state index contributed by atoms with van der Waals surface area (Å²) >= 11 is 1.58. The van der Waals surface area contributed by atoms with Gasteiger partial charge in [-0.05, 0) is 61.7 Å². The molecule has 3 aromatic rings. The number of fused-ring (bicyclic) bond motifs is 1. The zero-order valence-electron chi connectivity index (χ0n) is 14.8. The minimum absolute atomic E-state index is 0.0503. The number of thiophene rings is 1. The van der Waals surface area contributed by atoms with Crippen molar-refractivity contribution in [3.05, 3.63) is 57.2 Å². The van der Waals surface area contributed by atoms with Gasteiger partial charge in [-0.1, -0.05) is 6.07 Å². The molecule has 25 heavy (non-hydrogen) atoms. The molecule has 0 aliphatic heterocycles. The van der Waals surface area contributed by atoms with E-state index in [9.17, 15) is 4.79 Å². The number of carbonyl (C=O) groups is 1. The number of carboxylic acids is 1. The van der Waals surface area contributed by atoms with Gasteiger partial charge in [-0.3, -0.25) is 9.78 Å². The first-order valence-corrected chi connectivity index (χ1v) is 9.02. The van der Waals surface area contributed by atoms with Gasteiger partial charge in [0.25, 0.3) is 0 Å². The lowest BCUT2D eigenvalue weighted by Crippen LogP contribution is -2.02. The molecule has 0 fully saturated rings. The highest BCUT2D eigenvalue weighted by Gasteiger charge is 2.15. The highest BCUT2D eigenvalue weighted by Crippen LogP contribution is 2.37. The Morgan fingerprint density at radius 2 is 1.96 bits per heavy atom. The summed E-state index contributed by atoms with van der Waals surface area (Å²) < 4.78 is 7.18. The fourth-order valence-electron chi connectivity index (χ4n) is 3.06. The average molecular weight is 355 g/mol. The van der Waals surface area contributed by atoms with Crippen LogP contribution in [0.15, 0.2) is 23.6 Å². The Hall–Kier alpha value is -2.40. The normalized spacial score (nSPS) is 11.0. The average Bonchev–Trinajstić information content (AvgIpc) is 2.94. The molecule has 0 saturated heterocycles. The molecule has 3 rings (SSSR count). The summed E-state index contributed by atoms with van der Waals surface area (Å²) in [6, 6.07) is 6.05. The third kappa shape index (κ3) is 3.51. The lowest BCUT2D eigenvalue weighted by molar-refractivity contribution is -0.136. The molecule has 0 saturated carbocycles. The zero-order valence-corrected chi connectivity index (χ0v) is 15.7. The van der Waals surface area contributed by atoms with E-state index in [1.54, 1.807) is 11.3 Å². The third-order valence-corrected chi connectivity index (χ3v) is 5.53. The molecule has 1 N–H and O–H groups in total. The fraction of sp³-hybridized carbons (Fsp3) is 0.300. The van der Waals surface area contributed by atoms with Gasteiger partial charge >= 0.3 is 5.97 Å². The van der Waals surface area contributed by atoms with E-state index in [2.05, 4.69) is 11.1 Å². The van der Waals surface area contributed by atoms with Gasteiger partial charge in [0.15, 0.2) is 0 Å². The van der Waals surface area contributed by atoms with Crippen molar-refractivity contribution in [2.45, 2.75) is 40.7 Å². The summed E-state index contributed by atoms with van der Waals surface area (Å²) in [4.78, 5) is 15.5. The smallest absolute Gasteiger partial charge is 0.307 e. The van der Waals surface area contributed by atoms with E-state index in [-0.39, 0.29) is 6.42 Å². The predicted molar refractivity (Wildman–Crippen MR) is 101 cm³/mol. The molecular weight excluding hydrogens is 334 g/mol. The van der Waals surface area contributed by atoms with Crippen molar-refractivity contribution >= 4 is 27.4 Å². The van der Waals surface area contributed by atoms with Crippen LogP contribution in [0.25, 0.3) is 10.1 Å². The number of aliphatic carboxylic acids is 1. The van der Waals surface area contributed by atoms with E-state index in [0.29, 0.717) is 6.61 Å². The number of benzene rings is 1. The minimum Gasteiger partial charge on any atom is -0.489 e. The van der Waals surface area contributed by atoms with Crippen molar-refractivity contribution in [1.29, 1.82) is 0 Å². The van der Waals surface area contributed by atoms with Gasteiger partial charge in [-0.25, -0.2) is 0 Å². The maximum absolute atomic E-state index is 11.1. The monoisotopic (exact) mass is 355 g/mol. The van der Waals surface area contributed by atoms with Crippen LogP contribution in [0.5, 0.6) is 5.75 Å². The van der Waals surface area contributed by atoms with Gasteiger partial charge in [0, 0.05) is 27.2 Å². The van der Waals surface area contributed by atoms with Gasteiger partial charge < -0.3 is 9.84 Å². The van der Waals surface area contributed by atoms with E-state index >= 15 is 0 Å².